The largest absolute Gasteiger partial charge is 0.338 e. The van der Waals surface area contributed by atoms with Crippen LogP contribution in [0, 0.1) is 15.9 Å². The molecular formula is C23H22FN7O4. The lowest BCUT2D eigenvalue weighted by Gasteiger charge is -2.34. The summed E-state index contributed by atoms with van der Waals surface area (Å²) in [5.41, 5.74) is -0.477. The van der Waals surface area contributed by atoms with Gasteiger partial charge in [0.15, 0.2) is 0 Å². The third kappa shape index (κ3) is 5.92. The molecule has 2 amide bonds. The molecule has 1 saturated heterocycles. The van der Waals surface area contributed by atoms with Gasteiger partial charge in [-0.15, -0.1) is 0 Å². The zero-order valence-electron chi connectivity index (χ0n) is 18.6. The molecule has 0 unspecified atom stereocenters. The van der Waals surface area contributed by atoms with Crippen molar-refractivity contribution in [2.24, 2.45) is 0 Å². The first kappa shape index (κ1) is 23.7. The first-order valence-corrected chi connectivity index (χ1v) is 10.8. The van der Waals surface area contributed by atoms with Gasteiger partial charge in [-0.3, -0.25) is 24.6 Å². The van der Waals surface area contributed by atoms with Gasteiger partial charge in [0.1, 0.15) is 5.82 Å². The molecule has 3 aromatic rings. The van der Waals surface area contributed by atoms with E-state index in [0.29, 0.717) is 32.1 Å². The van der Waals surface area contributed by atoms with E-state index in [4.69, 9.17) is 0 Å². The van der Waals surface area contributed by atoms with Crippen molar-refractivity contribution in [3.8, 4) is 0 Å². The molecule has 11 nitrogen and oxygen atoms in total. The summed E-state index contributed by atoms with van der Waals surface area (Å²) in [6.07, 6.45) is 3.35. The summed E-state index contributed by atoms with van der Waals surface area (Å²) in [6, 6.07) is 10.8. The predicted molar refractivity (Wildman–Crippen MR) is 127 cm³/mol. The second kappa shape index (κ2) is 10.7. The third-order valence-electron chi connectivity index (χ3n) is 5.43. The van der Waals surface area contributed by atoms with Gasteiger partial charge in [0.25, 0.3) is 11.6 Å². The number of rotatable bonds is 7. The van der Waals surface area contributed by atoms with Gasteiger partial charge in [0.2, 0.25) is 11.9 Å². The number of non-ortho nitro benzene ring substituents is 1. The molecule has 12 heteroatoms. The Labute approximate surface area is 199 Å². The number of carbonyl (C=O) groups is 2. The molecule has 35 heavy (non-hydrogen) atoms. The number of carbonyl (C=O) groups excluding carboxylic acids is 2. The minimum atomic E-state index is -0.787. The number of amides is 2. The Kier molecular flexibility index (Phi) is 7.21. The molecule has 1 aliphatic rings. The molecule has 1 aromatic heterocycles. The van der Waals surface area contributed by atoms with E-state index in [1.807, 2.05) is 9.80 Å². The molecule has 1 fully saturated rings. The molecule has 0 aliphatic carbocycles. The average molecular weight is 479 g/mol. The molecule has 2 heterocycles. The summed E-state index contributed by atoms with van der Waals surface area (Å²) in [5.74, 6) is -1.20. The van der Waals surface area contributed by atoms with Crippen LogP contribution in [0.4, 0.5) is 27.4 Å². The number of halogens is 1. The van der Waals surface area contributed by atoms with Gasteiger partial charge in [0, 0.05) is 50.7 Å². The van der Waals surface area contributed by atoms with E-state index >= 15 is 0 Å². The predicted octanol–water partition coefficient (Wildman–Crippen LogP) is 2.54. The zero-order chi connectivity index (χ0) is 24.8. The SMILES string of the molecule is O=C(CN1CCN(c2ncccn2)CC1)Nc1ccc([N+](=O)[O-])cc1C(=O)Nc1ccccc1F. The van der Waals surface area contributed by atoms with Crippen LogP contribution in [0.1, 0.15) is 10.4 Å². The van der Waals surface area contributed by atoms with Crippen molar-refractivity contribution in [3.63, 3.8) is 0 Å². The monoisotopic (exact) mass is 479 g/mol. The van der Waals surface area contributed by atoms with Crippen LogP contribution < -0.4 is 15.5 Å². The second-order valence-corrected chi connectivity index (χ2v) is 7.78. The highest BCUT2D eigenvalue weighted by Crippen LogP contribution is 2.24. The van der Waals surface area contributed by atoms with E-state index in [1.165, 1.54) is 30.3 Å². The van der Waals surface area contributed by atoms with Crippen LogP contribution >= 0.6 is 0 Å². The lowest BCUT2D eigenvalue weighted by atomic mass is 10.1. The van der Waals surface area contributed by atoms with Gasteiger partial charge in [0.05, 0.1) is 28.4 Å². The minimum absolute atomic E-state index is 0.0643. The van der Waals surface area contributed by atoms with Crippen LogP contribution in [-0.2, 0) is 4.79 Å². The van der Waals surface area contributed by atoms with E-state index in [1.54, 1.807) is 24.5 Å². The van der Waals surface area contributed by atoms with Gasteiger partial charge in [-0.1, -0.05) is 12.1 Å². The van der Waals surface area contributed by atoms with Crippen LogP contribution in [0.15, 0.2) is 60.9 Å². The van der Waals surface area contributed by atoms with Gasteiger partial charge < -0.3 is 15.5 Å². The van der Waals surface area contributed by atoms with Crippen molar-refractivity contribution in [2.75, 3.05) is 48.3 Å². The van der Waals surface area contributed by atoms with Crippen molar-refractivity contribution in [1.29, 1.82) is 0 Å². The number of hydrogen-bond donors (Lipinski definition) is 2. The highest BCUT2D eigenvalue weighted by molar-refractivity contribution is 6.10. The van der Waals surface area contributed by atoms with Crippen LogP contribution in [0.2, 0.25) is 0 Å². The Morgan fingerprint density at radius 3 is 2.37 bits per heavy atom. The Bertz CT molecular complexity index is 1230. The number of nitrogens with one attached hydrogen (secondary N) is 2. The fraction of sp³-hybridized carbons (Fsp3) is 0.217. The van der Waals surface area contributed by atoms with Crippen LogP contribution in [0.25, 0.3) is 0 Å². The number of piperazine rings is 1. The van der Waals surface area contributed by atoms with E-state index in [9.17, 15) is 24.1 Å². The number of nitro groups is 1. The van der Waals surface area contributed by atoms with Gasteiger partial charge in [-0.05, 0) is 24.3 Å². The Hall–Kier alpha value is -4.45. The van der Waals surface area contributed by atoms with Crippen molar-refractivity contribution in [1.82, 2.24) is 14.9 Å². The Morgan fingerprint density at radius 2 is 1.69 bits per heavy atom. The van der Waals surface area contributed by atoms with Crippen molar-refractivity contribution < 1.29 is 18.9 Å². The summed E-state index contributed by atoms with van der Waals surface area (Å²) < 4.78 is 14.0. The molecule has 2 aromatic carbocycles. The summed E-state index contributed by atoms with van der Waals surface area (Å²) in [7, 11) is 0. The molecule has 180 valence electrons. The molecule has 0 atom stereocenters. The molecule has 0 radical (unpaired) electrons. The van der Waals surface area contributed by atoms with Crippen molar-refractivity contribution in [2.45, 2.75) is 0 Å². The van der Waals surface area contributed by atoms with Crippen molar-refractivity contribution in [3.05, 3.63) is 82.4 Å². The number of anilines is 3. The Morgan fingerprint density at radius 1 is 0.971 bits per heavy atom. The molecule has 0 saturated carbocycles. The fourth-order valence-electron chi connectivity index (χ4n) is 3.65. The Balaban J connectivity index is 1.42. The highest BCUT2D eigenvalue weighted by atomic mass is 19.1. The summed E-state index contributed by atoms with van der Waals surface area (Å²) in [5, 5.41) is 16.3. The topological polar surface area (TPSA) is 134 Å². The molecule has 0 spiro atoms. The summed E-state index contributed by atoms with van der Waals surface area (Å²) >= 11 is 0. The maximum Gasteiger partial charge on any atom is 0.270 e. The van der Waals surface area contributed by atoms with Crippen LogP contribution in [0.5, 0.6) is 0 Å². The number of para-hydroxylation sites is 1. The van der Waals surface area contributed by atoms with Gasteiger partial charge in [-0.25, -0.2) is 14.4 Å². The van der Waals surface area contributed by atoms with Crippen LogP contribution in [0.3, 0.4) is 0 Å². The minimum Gasteiger partial charge on any atom is -0.338 e. The first-order valence-electron chi connectivity index (χ1n) is 10.8. The molecule has 4 rings (SSSR count). The number of nitrogens with zero attached hydrogens (tertiary/aromatic N) is 5. The lowest BCUT2D eigenvalue weighted by Crippen LogP contribution is -2.49. The molecule has 2 N–H and O–H groups in total. The van der Waals surface area contributed by atoms with Gasteiger partial charge >= 0.3 is 0 Å². The summed E-state index contributed by atoms with van der Waals surface area (Å²) in [6.45, 7) is 2.56. The van der Waals surface area contributed by atoms with E-state index < -0.39 is 16.6 Å². The third-order valence-corrected chi connectivity index (χ3v) is 5.43. The second-order valence-electron chi connectivity index (χ2n) is 7.78. The standard InChI is InChI=1S/C23H22FN7O4/c24-18-4-1-2-5-20(18)28-22(33)17-14-16(31(34)35)6-7-19(17)27-21(32)15-29-10-12-30(13-11-29)23-25-8-3-9-26-23/h1-9,14H,10-13,15H2,(H,27,32)(H,28,33). The van der Waals surface area contributed by atoms with Crippen molar-refractivity contribution >= 4 is 34.8 Å². The van der Waals surface area contributed by atoms with E-state index in [-0.39, 0.29) is 35.1 Å². The van der Waals surface area contributed by atoms with E-state index in [2.05, 4.69) is 20.6 Å². The quantitative estimate of drug-likeness (QED) is 0.390. The normalized spacial score (nSPS) is 13.8. The number of hydrogen-bond acceptors (Lipinski definition) is 8. The maximum absolute atomic E-state index is 14.0. The number of benzene rings is 2. The molecule has 1 aliphatic heterocycles. The van der Waals surface area contributed by atoms with Gasteiger partial charge in [-0.2, -0.15) is 0 Å². The smallest absolute Gasteiger partial charge is 0.270 e. The van der Waals surface area contributed by atoms with Crippen LogP contribution in [-0.4, -0.2) is 64.3 Å². The lowest BCUT2D eigenvalue weighted by molar-refractivity contribution is -0.384. The zero-order valence-corrected chi connectivity index (χ0v) is 18.6. The number of aromatic nitrogens is 2. The summed E-state index contributed by atoms with van der Waals surface area (Å²) in [4.78, 5) is 48.5. The number of nitro benzene ring substituents is 1. The average Bonchev–Trinajstić information content (AvgIpc) is 2.86. The fourth-order valence-corrected chi connectivity index (χ4v) is 3.65. The molecular weight excluding hydrogens is 457 g/mol. The highest BCUT2D eigenvalue weighted by Gasteiger charge is 2.23. The first-order chi connectivity index (χ1) is 16.9. The maximum atomic E-state index is 14.0. The molecule has 0 bridgehead atoms. The van der Waals surface area contributed by atoms with E-state index in [0.717, 1.165) is 6.07 Å².